The molecule has 0 radical (unpaired) electrons. The van der Waals surface area contributed by atoms with Crippen LogP contribution in [0.5, 0.6) is 0 Å². The number of hydrogen-bond acceptors (Lipinski definition) is 4. The Morgan fingerprint density at radius 1 is 1.14 bits per heavy atom. The van der Waals surface area contributed by atoms with E-state index in [0.29, 0.717) is 10.6 Å². The highest BCUT2D eigenvalue weighted by Gasteiger charge is 2.20. The van der Waals surface area contributed by atoms with Gasteiger partial charge in [0, 0.05) is 0 Å². The predicted molar refractivity (Wildman–Crippen MR) is 82.9 cm³/mol. The Labute approximate surface area is 128 Å². The van der Waals surface area contributed by atoms with E-state index < -0.39 is 10.0 Å². The van der Waals surface area contributed by atoms with Crippen LogP contribution in [0.2, 0.25) is 0 Å². The van der Waals surface area contributed by atoms with Gasteiger partial charge in [0.1, 0.15) is 15.2 Å². The molecule has 0 bridgehead atoms. The molecule has 108 valence electrons. The van der Waals surface area contributed by atoms with E-state index in [2.05, 4.69) is 10.8 Å². The molecular formula is C15H14N2O2S2. The molecule has 0 saturated heterocycles. The average molecular weight is 318 g/mol. The fourth-order valence-electron chi connectivity index (χ4n) is 2.60. The Hall–Kier alpha value is -1.84. The van der Waals surface area contributed by atoms with Crippen LogP contribution in [-0.4, -0.2) is 8.42 Å². The molecule has 1 aliphatic carbocycles. The molecule has 0 saturated carbocycles. The Bertz CT molecular complexity index is 816. The van der Waals surface area contributed by atoms with Crippen molar-refractivity contribution in [2.45, 2.75) is 29.9 Å². The quantitative estimate of drug-likeness (QED) is 0.944. The third-order valence-corrected chi connectivity index (χ3v) is 6.44. The van der Waals surface area contributed by atoms with Crippen LogP contribution in [0, 0.1) is 11.3 Å². The van der Waals surface area contributed by atoms with Crippen molar-refractivity contribution in [2.24, 2.45) is 0 Å². The normalized spacial score (nSPS) is 14.2. The summed E-state index contributed by atoms with van der Waals surface area (Å²) < 4.78 is 27.7. The Balaban J connectivity index is 1.95. The monoisotopic (exact) mass is 318 g/mol. The van der Waals surface area contributed by atoms with Crippen LogP contribution in [0.15, 0.2) is 34.5 Å². The number of benzene rings is 1. The topological polar surface area (TPSA) is 70.0 Å². The highest BCUT2D eigenvalue weighted by molar-refractivity contribution is 7.94. The number of anilines is 1. The minimum atomic E-state index is -3.62. The molecule has 21 heavy (non-hydrogen) atoms. The molecule has 0 aliphatic heterocycles. The van der Waals surface area contributed by atoms with Gasteiger partial charge < -0.3 is 0 Å². The number of nitriles is 1. The maximum absolute atomic E-state index is 12.4. The molecule has 4 nitrogen and oxygen atoms in total. The lowest BCUT2D eigenvalue weighted by Gasteiger charge is -2.19. The summed E-state index contributed by atoms with van der Waals surface area (Å²) in [5, 5.41) is 8.81. The lowest BCUT2D eigenvalue weighted by Crippen LogP contribution is -2.15. The number of thiophene rings is 1. The van der Waals surface area contributed by atoms with Gasteiger partial charge in [0.2, 0.25) is 0 Å². The summed E-state index contributed by atoms with van der Waals surface area (Å²) in [5.74, 6) is 0. The molecule has 0 unspecified atom stereocenters. The zero-order valence-electron chi connectivity index (χ0n) is 11.3. The van der Waals surface area contributed by atoms with Crippen LogP contribution in [0.1, 0.15) is 28.8 Å². The number of nitrogens with one attached hydrogen (secondary N) is 1. The second kappa shape index (κ2) is 5.51. The van der Waals surface area contributed by atoms with Gasteiger partial charge in [-0.1, -0.05) is 12.1 Å². The number of sulfonamides is 1. The van der Waals surface area contributed by atoms with Crippen molar-refractivity contribution in [1.29, 1.82) is 5.26 Å². The van der Waals surface area contributed by atoms with Crippen LogP contribution < -0.4 is 4.72 Å². The molecule has 0 fully saturated rings. The molecule has 1 aromatic carbocycles. The third kappa shape index (κ3) is 2.80. The van der Waals surface area contributed by atoms with E-state index in [1.165, 1.54) is 17.7 Å². The molecule has 3 rings (SSSR count). The lowest BCUT2D eigenvalue weighted by molar-refractivity contribution is 0.603. The number of nitrogens with zero attached hydrogens (tertiary/aromatic N) is 1. The molecule has 1 N–H and O–H groups in total. The molecule has 6 heteroatoms. The van der Waals surface area contributed by atoms with Crippen molar-refractivity contribution in [3.05, 3.63) is 46.3 Å². The summed E-state index contributed by atoms with van der Waals surface area (Å²) in [6, 6.07) is 10.7. The average Bonchev–Trinajstić information content (AvgIpc) is 2.97. The van der Waals surface area contributed by atoms with Gasteiger partial charge in [-0.25, -0.2) is 8.42 Å². The fraction of sp³-hybridized carbons (Fsp3) is 0.267. The largest absolute Gasteiger partial charge is 0.279 e. The molecule has 1 heterocycles. The standard InChI is InChI=1S/C15H14N2O2S2/c16-10-12-8-9-15(20-12)21(18,19)17-14-7-3-5-11-4-1-2-6-13(11)14/h3,5,7-9,17H,1-2,4,6H2. The SMILES string of the molecule is N#Cc1ccc(S(=O)(=O)Nc2cccc3c2CCCC3)s1. The number of aryl methyl sites for hydroxylation is 1. The number of hydrogen-bond donors (Lipinski definition) is 1. The molecule has 0 atom stereocenters. The maximum Gasteiger partial charge on any atom is 0.271 e. The third-order valence-electron chi connectivity index (χ3n) is 3.60. The van der Waals surface area contributed by atoms with E-state index in [1.807, 2.05) is 12.1 Å². The van der Waals surface area contributed by atoms with Crippen molar-refractivity contribution in [1.82, 2.24) is 0 Å². The summed E-state index contributed by atoms with van der Waals surface area (Å²) in [6.45, 7) is 0. The minimum absolute atomic E-state index is 0.174. The molecular weight excluding hydrogens is 304 g/mol. The highest BCUT2D eigenvalue weighted by Crippen LogP contribution is 2.30. The first-order chi connectivity index (χ1) is 10.1. The van der Waals surface area contributed by atoms with Crippen LogP contribution >= 0.6 is 11.3 Å². The molecule has 0 amide bonds. The van der Waals surface area contributed by atoms with Gasteiger partial charge in [0.05, 0.1) is 5.69 Å². The van der Waals surface area contributed by atoms with Gasteiger partial charge in [0.25, 0.3) is 10.0 Å². The Morgan fingerprint density at radius 3 is 2.71 bits per heavy atom. The van der Waals surface area contributed by atoms with E-state index in [1.54, 1.807) is 6.07 Å². The van der Waals surface area contributed by atoms with E-state index in [4.69, 9.17) is 5.26 Å². The van der Waals surface area contributed by atoms with Crippen molar-refractivity contribution in [3.63, 3.8) is 0 Å². The van der Waals surface area contributed by atoms with E-state index >= 15 is 0 Å². The molecule has 1 aliphatic rings. The smallest absolute Gasteiger partial charge is 0.271 e. The van der Waals surface area contributed by atoms with E-state index in [-0.39, 0.29) is 4.21 Å². The first kappa shape index (κ1) is 14.1. The zero-order chi connectivity index (χ0) is 14.9. The van der Waals surface area contributed by atoms with Gasteiger partial charge >= 0.3 is 0 Å². The number of rotatable bonds is 3. The van der Waals surface area contributed by atoms with Gasteiger partial charge in [-0.3, -0.25) is 4.72 Å². The van der Waals surface area contributed by atoms with Crippen molar-refractivity contribution in [2.75, 3.05) is 4.72 Å². The second-order valence-electron chi connectivity index (χ2n) is 4.99. The van der Waals surface area contributed by atoms with Gasteiger partial charge in [-0.2, -0.15) is 5.26 Å². The first-order valence-electron chi connectivity index (χ1n) is 6.74. The molecule has 1 aromatic heterocycles. The van der Waals surface area contributed by atoms with Crippen LogP contribution in [-0.2, 0) is 22.9 Å². The maximum atomic E-state index is 12.4. The lowest BCUT2D eigenvalue weighted by atomic mass is 9.91. The van der Waals surface area contributed by atoms with Gasteiger partial charge in [0.15, 0.2) is 0 Å². The Kier molecular flexibility index (Phi) is 3.70. The minimum Gasteiger partial charge on any atom is -0.279 e. The predicted octanol–water partition coefficient (Wildman–Crippen LogP) is 3.30. The van der Waals surface area contributed by atoms with Crippen molar-refractivity contribution < 1.29 is 8.42 Å². The van der Waals surface area contributed by atoms with E-state index in [0.717, 1.165) is 42.6 Å². The summed E-state index contributed by atoms with van der Waals surface area (Å²) in [7, 11) is -3.62. The van der Waals surface area contributed by atoms with Crippen LogP contribution in [0.25, 0.3) is 0 Å². The van der Waals surface area contributed by atoms with Crippen LogP contribution in [0.3, 0.4) is 0 Å². The van der Waals surface area contributed by atoms with Crippen LogP contribution in [0.4, 0.5) is 5.69 Å². The number of fused-ring (bicyclic) bond motifs is 1. The molecule has 0 spiro atoms. The van der Waals surface area contributed by atoms with Crippen molar-refractivity contribution >= 4 is 27.0 Å². The van der Waals surface area contributed by atoms with E-state index in [9.17, 15) is 8.42 Å². The van der Waals surface area contributed by atoms with Gasteiger partial charge in [-0.15, -0.1) is 11.3 Å². The Morgan fingerprint density at radius 2 is 1.95 bits per heavy atom. The fourth-order valence-corrected chi connectivity index (χ4v) is 4.79. The highest BCUT2D eigenvalue weighted by atomic mass is 32.2. The summed E-state index contributed by atoms with van der Waals surface area (Å²) in [4.78, 5) is 0.394. The zero-order valence-corrected chi connectivity index (χ0v) is 12.9. The second-order valence-corrected chi connectivity index (χ2v) is 7.98. The summed E-state index contributed by atoms with van der Waals surface area (Å²) in [5.41, 5.74) is 2.99. The summed E-state index contributed by atoms with van der Waals surface area (Å²) in [6.07, 6.45) is 4.15. The van der Waals surface area contributed by atoms with Gasteiger partial charge in [-0.05, 0) is 55.0 Å². The van der Waals surface area contributed by atoms with Crippen molar-refractivity contribution in [3.8, 4) is 6.07 Å². The summed E-state index contributed by atoms with van der Waals surface area (Å²) >= 11 is 0.985. The first-order valence-corrected chi connectivity index (χ1v) is 9.03. The molecule has 2 aromatic rings.